The second-order valence-corrected chi connectivity index (χ2v) is 4.37. The van der Waals surface area contributed by atoms with E-state index in [4.69, 9.17) is 4.74 Å². The number of hydrogen-bond donors (Lipinski definition) is 2. The van der Waals surface area contributed by atoms with Crippen LogP contribution in [0.5, 0.6) is 11.5 Å². The number of methoxy groups -OCH3 is 1. The Morgan fingerprint density at radius 2 is 2.00 bits per heavy atom. The molecular weight excluding hydrogens is 240 g/mol. The third-order valence-electron chi connectivity index (χ3n) is 3.07. The monoisotopic (exact) mass is 258 g/mol. The molecule has 0 amide bonds. The van der Waals surface area contributed by atoms with Crippen LogP contribution in [0.25, 0.3) is 0 Å². The van der Waals surface area contributed by atoms with Crippen molar-refractivity contribution in [3.63, 3.8) is 0 Å². The van der Waals surface area contributed by atoms with E-state index in [1.807, 2.05) is 31.3 Å². The Morgan fingerprint density at radius 1 is 1.21 bits per heavy atom. The molecule has 4 nitrogen and oxygen atoms in total. The van der Waals surface area contributed by atoms with Crippen LogP contribution < -0.4 is 10.1 Å². The molecule has 0 saturated heterocycles. The molecule has 0 spiro atoms. The number of ether oxygens (including phenoxy) is 1. The van der Waals surface area contributed by atoms with Crippen molar-refractivity contribution in [1.82, 2.24) is 10.3 Å². The number of aromatic hydroxyl groups is 1. The summed E-state index contributed by atoms with van der Waals surface area (Å²) in [6.07, 6.45) is 3.63. The number of benzene rings is 1. The van der Waals surface area contributed by atoms with E-state index in [1.54, 1.807) is 19.4 Å². The van der Waals surface area contributed by atoms with Crippen molar-refractivity contribution in [2.24, 2.45) is 0 Å². The Bertz CT molecular complexity index is 556. The van der Waals surface area contributed by atoms with E-state index in [2.05, 4.69) is 10.3 Å². The van der Waals surface area contributed by atoms with Gasteiger partial charge in [0.25, 0.3) is 0 Å². The summed E-state index contributed by atoms with van der Waals surface area (Å²) in [6.45, 7) is 3.36. The van der Waals surface area contributed by atoms with Crippen LogP contribution in [0.4, 0.5) is 0 Å². The topological polar surface area (TPSA) is 54.4 Å². The molecule has 2 N–H and O–H groups in total. The van der Waals surface area contributed by atoms with E-state index < -0.39 is 0 Å². The van der Waals surface area contributed by atoms with Crippen LogP contribution in [0.2, 0.25) is 0 Å². The maximum absolute atomic E-state index is 9.97. The fraction of sp³-hybridized carbons (Fsp3) is 0.267. The molecule has 0 atom stereocenters. The lowest BCUT2D eigenvalue weighted by atomic mass is 10.1. The van der Waals surface area contributed by atoms with E-state index in [1.165, 1.54) is 5.56 Å². The van der Waals surface area contributed by atoms with E-state index >= 15 is 0 Å². The van der Waals surface area contributed by atoms with Crippen molar-refractivity contribution in [2.45, 2.75) is 20.0 Å². The van der Waals surface area contributed by atoms with Gasteiger partial charge in [-0.2, -0.15) is 0 Å². The Balaban J connectivity index is 1.98. The van der Waals surface area contributed by atoms with Gasteiger partial charge in [0.05, 0.1) is 7.11 Å². The number of hydrogen-bond acceptors (Lipinski definition) is 4. The van der Waals surface area contributed by atoms with Gasteiger partial charge in [0, 0.05) is 31.0 Å². The van der Waals surface area contributed by atoms with Gasteiger partial charge in [-0.05, 0) is 30.2 Å². The zero-order valence-corrected chi connectivity index (χ0v) is 11.2. The van der Waals surface area contributed by atoms with Crippen LogP contribution >= 0.6 is 0 Å². The summed E-state index contributed by atoms with van der Waals surface area (Å²) >= 11 is 0. The van der Waals surface area contributed by atoms with Crippen molar-refractivity contribution in [3.05, 3.63) is 53.3 Å². The van der Waals surface area contributed by atoms with Crippen LogP contribution in [0.1, 0.15) is 16.7 Å². The third kappa shape index (κ3) is 3.23. The molecule has 0 bridgehead atoms. The molecule has 0 saturated carbocycles. The Hall–Kier alpha value is -2.07. The van der Waals surface area contributed by atoms with Gasteiger partial charge in [0.15, 0.2) is 11.5 Å². The number of aryl methyl sites for hydroxylation is 1. The van der Waals surface area contributed by atoms with Gasteiger partial charge >= 0.3 is 0 Å². The number of phenols is 1. The van der Waals surface area contributed by atoms with Crippen LogP contribution in [-0.4, -0.2) is 17.2 Å². The van der Waals surface area contributed by atoms with Crippen LogP contribution in [0.15, 0.2) is 36.7 Å². The van der Waals surface area contributed by atoms with Gasteiger partial charge in [-0.25, -0.2) is 0 Å². The summed E-state index contributed by atoms with van der Waals surface area (Å²) in [4.78, 5) is 4.06. The van der Waals surface area contributed by atoms with E-state index in [-0.39, 0.29) is 5.75 Å². The number of nitrogens with zero attached hydrogens (tertiary/aromatic N) is 1. The minimum Gasteiger partial charge on any atom is -0.504 e. The number of aromatic nitrogens is 1. The maximum atomic E-state index is 9.97. The summed E-state index contributed by atoms with van der Waals surface area (Å²) in [6, 6.07) is 7.48. The van der Waals surface area contributed by atoms with Crippen molar-refractivity contribution in [3.8, 4) is 11.5 Å². The summed E-state index contributed by atoms with van der Waals surface area (Å²) in [5.74, 6) is 0.698. The van der Waals surface area contributed by atoms with Crippen molar-refractivity contribution >= 4 is 0 Å². The fourth-order valence-corrected chi connectivity index (χ4v) is 1.91. The SMILES string of the molecule is COc1cccc(CNCc2ccncc2C)c1O. The van der Waals surface area contributed by atoms with Gasteiger partial charge in [-0.15, -0.1) is 0 Å². The lowest BCUT2D eigenvalue weighted by molar-refractivity contribution is 0.369. The molecule has 1 aromatic heterocycles. The van der Waals surface area contributed by atoms with Gasteiger partial charge in [0.1, 0.15) is 0 Å². The standard InChI is InChI=1S/C15H18N2O2/c1-11-8-16-7-6-12(11)9-17-10-13-4-3-5-14(19-2)15(13)18/h3-8,17-18H,9-10H2,1-2H3. The maximum Gasteiger partial charge on any atom is 0.162 e. The van der Waals surface area contributed by atoms with Crippen molar-refractivity contribution in [2.75, 3.05) is 7.11 Å². The Kier molecular flexibility index (Phi) is 4.36. The zero-order valence-electron chi connectivity index (χ0n) is 11.2. The minimum absolute atomic E-state index is 0.198. The van der Waals surface area contributed by atoms with E-state index in [9.17, 15) is 5.11 Å². The molecule has 4 heteroatoms. The first kappa shape index (κ1) is 13.4. The molecule has 19 heavy (non-hydrogen) atoms. The Morgan fingerprint density at radius 3 is 2.74 bits per heavy atom. The lowest BCUT2D eigenvalue weighted by Gasteiger charge is -2.10. The van der Waals surface area contributed by atoms with Gasteiger partial charge < -0.3 is 15.2 Å². The first-order valence-electron chi connectivity index (χ1n) is 6.17. The molecule has 2 aromatic rings. The Labute approximate surface area is 113 Å². The number of nitrogens with one attached hydrogen (secondary N) is 1. The second-order valence-electron chi connectivity index (χ2n) is 4.37. The van der Waals surface area contributed by atoms with E-state index in [0.29, 0.717) is 12.3 Å². The second kappa shape index (κ2) is 6.20. The first-order valence-corrected chi connectivity index (χ1v) is 6.17. The van der Waals surface area contributed by atoms with Crippen LogP contribution in [0.3, 0.4) is 0 Å². The summed E-state index contributed by atoms with van der Waals surface area (Å²) in [5, 5.41) is 13.3. The number of phenolic OH excluding ortho intramolecular Hbond substituents is 1. The molecule has 1 aromatic carbocycles. The highest BCUT2D eigenvalue weighted by atomic mass is 16.5. The molecule has 2 rings (SSSR count). The predicted octanol–water partition coefficient (Wildman–Crippen LogP) is 2.39. The average molecular weight is 258 g/mol. The quantitative estimate of drug-likeness (QED) is 0.864. The third-order valence-corrected chi connectivity index (χ3v) is 3.07. The normalized spacial score (nSPS) is 10.4. The number of pyridine rings is 1. The zero-order chi connectivity index (χ0) is 13.7. The van der Waals surface area contributed by atoms with Crippen LogP contribution in [0, 0.1) is 6.92 Å². The van der Waals surface area contributed by atoms with E-state index in [0.717, 1.165) is 17.7 Å². The number of para-hydroxylation sites is 1. The smallest absolute Gasteiger partial charge is 0.162 e. The molecule has 0 unspecified atom stereocenters. The lowest BCUT2D eigenvalue weighted by Crippen LogP contribution is -2.13. The minimum atomic E-state index is 0.198. The summed E-state index contributed by atoms with van der Waals surface area (Å²) < 4.78 is 5.08. The molecule has 0 aliphatic rings. The van der Waals surface area contributed by atoms with Gasteiger partial charge in [-0.3, -0.25) is 4.98 Å². The molecule has 0 fully saturated rings. The molecule has 1 heterocycles. The number of rotatable bonds is 5. The summed E-state index contributed by atoms with van der Waals surface area (Å²) in [5.41, 5.74) is 3.19. The fourth-order valence-electron chi connectivity index (χ4n) is 1.91. The highest BCUT2D eigenvalue weighted by molar-refractivity contribution is 5.45. The molecule has 0 radical (unpaired) electrons. The highest BCUT2D eigenvalue weighted by Crippen LogP contribution is 2.29. The predicted molar refractivity (Wildman–Crippen MR) is 74.2 cm³/mol. The largest absolute Gasteiger partial charge is 0.504 e. The van der Waals surface area contributed by atoms with Crippen molar-refractivity contribution < 1.29 is 9.84 Å². The summed E-state index contributed by atoms with van der Waals surface area (Å²) in [7, 11) is 1.55. The first-order chi connectivity index (χ1) is 9.22. The van der Waals surface area contributed by atoms with Gasteiger partial charge in [-0.1, -0.05) is 12.1 Å². The van der Waals surface area contributed by atoms with Crippen molar-refractivity contribution in [1.29, 1.82) is 0 Å². The average Bonchev–Trinajstić information content (AvgIpc) is 2.43. The van der Waals surface area contributed by atoms with Gasteiger partial charge in [0.2, 0.25) is 0 Å². The molecule has 100 valence electrons. The van der Waals surface area contributed by atoms with Crippen LogP contribution in [-0.2, 0) is 13.1 Å². The molecule has 0 aliphatic carbocycles. The molecule has 0 aliphatic heterocycles. The highest BCUT2D eigenvalue weighted by Gasteiger charge is 2.06. The molecular formula is C15H18N2O2.